The summed E-state index contributed by atoms with van der Waals surface area (Å²) in [5.74, 6) is 0.378. The Morgan fingerprint density at radius 3 is 2.28 bits per heavy atom. The van der Waals surface area contributed by atoms with Crippen molar-refractivity contribution in [3.8, 4) is 16.9 Å². The SMILES string of the molecule is COc1ccccc1-c1cccc(C(=O)N2CCN(C(=O)Cc3ccc(F)cc3)CC2)c1. The summed E-state index contributed by atoms with van der Waals surface area (Å²) in [6.07, 6.45) is 0.231. The van der Waals surface area contributed by atoms with Gasteiger partial charge in [0.05, 0.1) is 13.5 Å². The Morgan fingerprint density at radius 1 is 0.875 bits per heavy atom. The Kier molecular flexibility index (Phi) is 6.50. The van der Waals surface area contributed by atoms with Gasteiger partial charge < -0.3 is 14.5 Å². The molecule has 164 valence electrons. The molecule has 0 aliphatic carbocycles. The van der Waals surface area contributed by atoms with Gasteiger partial charge >= 0.3 is 0 Å². The topological polar surface area (TPSA) is 49.9 Å². The van der Waals surface area contributed by atoms with Crippen LogP contribution in [0.5, 0.6) is 5.75 Å². The van der Waals surface area contributed by atoms with Gasteiger partial charge in [-0.15, -0.1) is 0 Å². The Labute approximate surface area is 187 Å². The molecule has 0 saturated carbocycles. The van der Waals surface area contributed by atoms with E-state index in [-0.39, 0.29) is 24.1 Å². The molecule has 6 heteroatoms. The van der Waals surface area contributed by atoms with Gasteiger partial charge in [-0.2, -0.15) is 0 Å². The lowest BCUT2D eigenvalue weighted by Crippen LogP contribution is -2.51. The number of carbonyl (C=O) groups excluding carboxylic acids is 2. The first kappa shape index (κ1) is 21.6. The van der Waals surface area contributed by atoms with E-state index in [9.17, 15) is 14.0 Å². The summed E-state index contributed by atoms with van der Waals surface area (Å²) in [6.45, 7) is 1.93. The number of para-hydroxylation sites is 1. The average Bonchev–Trinajstić information content (AvgIpc) is 2.85. The molecule has 1 saturated heterocycles. The zero-order valence-electron chi connectivity index (χ0n) is 18.0. The second kappa shape index (κ2) is 9.64. The molecule has 4 rings (SSSR count). The van der Waals surface area contributed by atoms with Crippen molar-refractivity contribution in [3.63, 3.8) is 0 Å². The molecule has 1 aliphatic rings. The Bertz CT molecular complexity index is 1110. The third kappa shape index (κ3) is 4.80. The number of ether oxygens (including phenoxy) is 1. The molecule has 0 N–H and O–H groups in total. The zero-order chi connectivity index (χ0) is 22.5. The second-order valence-corrected chi connectivity index (χ2v) is 7.76. The molecule has 0 aromatic heterocycles. The monoisotopic (exact) mass is 432 g/mol. The predicted octanol–water partition coefficient (Wildman–Crippen LogP) is 4.03. The Hall–Kier alpha value is -3.67. The summed E-state index contributed by atoms with van der Waals surface area (Å²) < 4.78 is 18.5. The van der Waals surface area contributed by atoms with E-state index in [0.29, 0.717) is 31.7 Å². The van der Waals surface area contributed by atoms with Crippen molar-refractivity contribution in [2.45, 2.75) is 6.42 Å². The van der Waals surface area contributed by atoms with Gasteiger partial charge in [-0.25, -0.2) is 4.39 Å². The normalized spacial score (nSPS) is 13.7. The van der Waals surface area contributed by atoms with Crippen LogP contribution < -0.4 is 4.74 Å². The van der Waals surface area contributed by atoms with Crippen LogP contribution >= 0.6 is 0 Å². The van der Waals surface area contributed by atoms with Crippen molar-refractivity contribution in [2.24, 2.45) is 0 Å². The van der Waals surface area contributed by atoms with Gasteiger partial charge in [0, 0.05) is 37.3 Å². The lowest BCUT2D eigenvalue weighted by Gasteiger charge is -2.35. The Morgan fingerprint density at radius 2 is 1.56 bits per heavy atom. The molecule has 32 heavy (non-hydrogen) atoms. The summed E-state index contributed by atoms with van der Waals surface area (Å²) in [6, 6.07) is 21.2. The number of piperazine rings is 1. The number of halogens is 1. The van der Waals surface area contributed by atoms with E-state index >= 15 is 0 Å². The van der Waals surface area contributed by atoms with Gasteiger partial charge in [0.25, 0.3) is 5.91 Å². The van der Waals surface area contributed by atoms with Crippen LogP contribution in [0.4, 0.5) is 4.39 Å². The first-order valence-corrected chi connectivity index (χ1v) is 10.6. The number of rotatable bonds is 5. The quantitative estimate of drug-likeness (QED) is 0.612. The first-order chi connectivity index (χ1) is 15.5. The molecule has 1 aliphatic heterocycles. The maximum atomic E-state index is 13.1. The number of benzene rings is 3. The largest absolute Gasteiger partial charge is 0.496 e. The summed E-state index contributed by atoms with van der Waals surface area (Å²) >= 11 is 0. The van der Waals surface area contributed by atoms with Crippen LogP contribution in [0.15, 0.2) is 72.8 Å². The van der Waals surface area contributed by atoms with Crippen molar-refractivity contribution in [1.82, 2.24) is 9.80 Å². The highest BCUT2D eigenvalue weighted by molar-refractivity contribution is 5.96. The molecule has 5 nitrogen and oxygen atoms in total. The van der Waals surface area contributed by atoms with Gasteiger partial charge in [-0.3, -0.25) is 9.59 Å². The number of hydrogen-bond acceptors (Lipinski definition) is 3. The summed E-state index contributed by atoms with van der Waals surface area (Å²) in [5.41, 5.74) is 3.24. The maximum absolute atomic E-state index is 13.1. The molecule has 0 spiro atoms. The van der Waals surface area contributed by atoms with E-state index in [1.54, 1.807) is 29.0 Å². The van der Waals surface area contributed by atoms with E-state index < -0.39 is 0 Å². The van der Waals surface area contributed by atoms with E-state index in [0.717, 1.165) is 22.4 Å². The molecular weight excluding hydrogens is 407 g/mol. The smallest absolute Gasteiger partial charge is 0.253 e. The predicted molar refractivity (Wildman–Crippen MR) is 121 cm³/mol. The fourth-order valence-corrected chi connectivity index (χ4v) is 3.93. The lowest BCUT2D eigenvalue weighted by atomic mass is 10.0. The molecule has 1 heterocycles. The highest BCUT2D eigenvalue weighted by Gasteiger charge is 2.25. The van der Waals surface area contributed by atoms with Crippen molar-refractivity contribution in [2.75, 3.05) is 33.3 Å². The van der Waals surface area contributed by atoms with Crippen LogP contribution in [0.25, 0.3) is 11.1 Å². The van der Waals surface area contributed by atoms with E-state index in [4.69, 9.17) is 4.74 Å². The number of hydrogen-bond donors (Lipinski definition) is 0. The number of methoxy groups -OCH3 is 1. The molecule has 0 atom stereocenters. The van der Waals surface area contributed by atoms with E-state index in [1.807, 2.05) is 48.5 Å². The van der Waals surface area contributed by atoms with Crippen LogP contribution in [-0.4, -0.2) is 54.9 Å². The van der Waals surface area contributed by atoms with Gasteiger partial charge in [-0.05, 0) is 41.5 Å². The zero-order valence-corrected chi connectivity index (χ0v) is 18.0. The van der Waals surface area contributed by atoms with Crippen LogP contribution in [-0.2, 0) is 11.2 Å². The summed E-state index contributed by atoms with van der Waals surface area (Å²) in [7, 11) is 1.63. The molecule has 2 amide bonds. The fraction of sp³-hybridized carbons (Fsp3) is 0.231. The van der Waals surface area contributed by atoms with E-state index in [1.165, 1.54) is 12.1 Å². The Balaban J connectivity index is 1.39. The van der Waals surface area contributed by atoms with E-state index in [2.05, 4.69) is 0 Å². The van der Waals surface area contributed by atoms with Crippen LogP contribution in [0.1, 0.15) is 15.9 Å². The van der Waals surface area contributed by atoms with Gasteiger partial charge in [0.15, 0.2) is 0 Å². The molecule has 1 fully saturated rings. The fourth-order valence-electron chi connectivity index (χ4n) is 3.93. The third-order valence-corrected chi connectivity index (χ3v) is 5.72. The van der Waals surface area contributed by atoms with Crippen LogP contribution in [0.2, 0.25) is 0 Å². The first-order valence-electron chi connectivity index (χ1n) is 10.6. The van der Waals surface area contributed by atoms with Crippen molar-refractivity contribution >= 4 is 11.8 Å². The number of amides is 2. The summed E-state index contributed by atoms with van der Waals surface area (Å²) in [5, 5.41) is 0. The van der Waals surface area contributed by atoms with Gasteiger partial charge in [-0.1, -0.05) is 42.5 Å². The number of carbonyl (C=O) groups is 2. The minimum absolute atomic E-state index is 0.0122. The average molecular weight is 432 g/mol. The third-order valence-electron chi connectivity index (χ3n) is 5.72. The molecular formula is C26H25FN2O3. The summed E-state index contributed by atoms with van der Waals surface area (Å²) in [4.78, 5) is 29.2. The standard InChI is InChI=1S/C26H25FN2O3/c1-32-24-8-3-2-7-23(24)20-5-4-6-21(18-20)26(31)29-15-13-28(14-16-29)25(30)17-19-9-11-22(27)12-10-19/h2-12,18H,13-17H2,1H3. The van der Waals surface area contributed by atoms with Gasteiger partial charge in [0.2, 0.25) is 5.91 Å². The minimum atomic E-state index is -0.317. The van der Waals surface area contributed by atoms with Crippen LogP contribution in [0, 0.1) is 5.82 Å². The molecule has 0 radical (unpaired) electrons. The molecule has 3 aromatic carbocycles. The molecule has 0 unspecified atom stereocenters. The minimum Gasteiger partial charge on any atom is -0.496 e. The highest BCUT2D eigenvalue weighted by Crippen LogP contribution is 2.30. The van der Waals surface area contributed by atoms with Crippen molar-refractivity contribution < 1.29 is 18.7 Å². The molecule has 0 bridgehead atoms. The maximum Gasteiger partial charge on any atom is 0.253 e. The van der Waals surface area contributed by atoms with Crippen molar-refractivity contribution in [1.29, 1.82) is 0 Å². The number of nitrogens with zero attached hydrogens (tertiary/aromatic N) is 2. The van der Waals surface area contributed by atoms with Gasteiger partial charge in [0.1, 0.15) is 11.6 Å². The lowest BCUT2D eigenvalue weighted by molar-refractivity contribution is -0.131. The van der Waals surface area contributed by atoms with Crippen LogP contribution in [0.3, 0.4) is 0 Å². The van der Waals surface area contributed by atoms with Crippen molar-refractivity contribution in [3.05, 3.63) is 89.7 Å². The highest BCUT2D eigenvalue weighted by atomic mass is 19.1. The molecule has 3 aromatic rings. The second-order valence-electron chi connectivity index (χ2n) is 7.76.